The van der Waals surface area contributed by atoms with E-state index in [2.05, 4.69) is 10.3 Å². The minimum Gasteiger partial charge on any atom is -0.508 e. The number of aromatic nitrogens is 2. The van der Waals surface area contributed by atoms with Crippen molar-refractivity contribution >= 4 is 33.8 Å². The van der Waals surface area contributed by atoms with Gasteiger partial charge in [-0.05, 0) is 42.9 Å². The number of fused-ring (bicyclic) bond motifs is 2. The van der Waals surface area contributed by atoms with E-state index in [4.69, 9.17) is 23.5 Å². The summed E-state index contributed by atoms with van der Waals surface area (Å²) in [5.74, 6) is -2.86. The van der Waals surface area contributed by atoms with Crippen LogP contribution >= 0.6 is 0 Å². The van der Waals surface area contributed by atoms with E-state index in [0.29, 0.717) is 11.1 Å². The van der Waals surface area contributed by atoms with Crippen molar-refractivity contribution in [1.29, 1.82) is 0 Å². The molecule has 16 heteroatoms. The Morgan fingerprint density at radius 3 is 2.53 bits per heavy atom. The second kappa shape index (κ2) is 12.8. The summed E-state index contributed by atoms with van der Waals surface area (Å²) in [6.45, 7) is 0. The number of aliphatic hydroxyl groups is 3. The van der Waals surface area contributed by atoms with Crippen molar-refractivity contribution in [1.82, 2.24) is 15.0 Å². The molecule has 0 radical (unpaired) electrons. The first kappa shape index (κ1) is 31.6. The first-order chi connectivity index (χ1) is 22.5. The van der Waals surface area contributed by atoms with Gasteiger partial charge in [-0.25, -0.2) is 9.59 Å². The molecule has 7 N–H and O–H groups in total. The predicted octanol–water partition coefficient (Wildman–Crippen LogP) is 0.306. The molecular weight excluding hydrogens is 622 g/mol. The van der Waals surface area contributed by atoms with Gasteiger partial charge in [0, 0.05) is 17.6 Å². The van der Waals surface area contributed by atoms with Crippen molar-refractivity contribution < 1.29 is 58.6 Å². The van der Waals surface area contributed by atoms with Crippen molar-refractivity contribution in [3.8, 4) is 22.6 Å². The highest BCUT2D eigenvalue weighted by Crippen LogP contribution is 2.30. The molecule has 1 aliphatic rings. The van der Waals surface area contributed by atoms with E-state index in [1.54, 1.807) is 36.8 Å². The van der Waals surface area contributed by atoms with Crippen LogP contribution in [0.3, 0.4) is 0 Å². The van der Waals surface area contributed by atoms with Gasteiger partial charge in [-0.15, -0.1) is 0 Å². The number of nitrogens with one attached hydrogen (secondary N) is 2. The predicted molar refractivity (Wildman–Crippen MR) is 160 cm³/mol. The van der Waals surface area contributed by atoms with Crippen LogP contribution < -0.4 is 20.3 Å². The van der Waals surface area contributed by atoms with Crippen molar-refractivity contribution in [2.45, 2.75) is 43.0 Å². The van der Waals surface area contributed by atoms with Gasteiger partial charge in [0.25, 0.3) is 0 Å². The highest BCUT2D eigenvalue weighted by molar-refractivity contribution is 5.98. The summed E-state index contributed by atoms with van der Waals surface area (Å²) in [5.41, 5.74) is 1.25. The average Bonchev–Trinajstić information content (AvgIpc) is 3.64. The lowest BCUT2D eigenvalue weighted by Crippen LogP contribution is -2.65. The molecular formula is C31H29N3O13. The van der Waals surface area contributed by atoms with Crippen LogP contribution in [0, 0.1) is 0 Å². The Labute approximate surface area is 263 Å². The van der Waals surface area contributed by atoms with E-state index in [9.17, 15) is 39.9 Å². The number of phenols is 1. The molecule has 0 spiro atoms. The summed E-state index contributed by atoms with van der Waals surface area (Å²) in [5, 5.41) is 54.7. The molecule has 16 nitrogen and oxygen atoms in total. The second-order valence-electron chi connectivity index (χ2n) is 10.7. The summed E-state index contributed by atoms with van der Waals surface area (Å²) < 4.78 is 23.6. The van der Waals surface area contributed by atoms with Gasteiger partial charge in [0.05, 0.1) is 28.9 Å². The molecule has 3 aromatic heterocycles. The van der Waals surface area contributed by atoms with Crippen LogP contribution in [0.4, 0.5) is 0 Å². The maximum Gasteiger partial charge on any atom is 0.337 e. The molecule has 0 aliphatic carbocycles. The van der Waals surface area contributed by atoms with Crippen molar-refractivity contribution in [3.63, 3.8) is 0 Å². The van der Waals surface area contributed by atoms with Crippen LogP contribution in [-0.2, 0) is 19.1 Å². The molecule has 4 heterocycles. The van der Waals surface area contributed by atoms with Gasteiger partial charge >= 0.3 is 11.9 Å². The van der Waals surface area contributed by atoms with Gasteiger partial charge in [-0.3, -0.25) is 10.1 Å². The number of aliphatic carboxylic acids is 1. The van der Waals surface area contributed by atoms with E-state index in [0.717, 1.165) is 5.39 Å². The fourth-order valence-corrected chi connectivity index (χ4v) is 5.18. The third-order valence-corrected chi connectivity index (χ3v) is 7.63. The number of aromatic amines is 1. The van der Waals surface area contributed by atoms with Gasteiger partial charge in [-0.1, -0.05) is 12.1 Å². The molecule has 6 rings (SSSR count). The minimum atomic E-state index is -2.24. The SMILES string of the molecule is CN[C@H](C(=O)O)C(=O)O[C@H](O)[C@@H]1O[C@H](Oc2ccc3c(=O)c(-c4ccc(O)cc4)coc3c2)[C@@H](On2cc3cc[nH]c3c2)[C@H](O)[C@H]1O. The lowest BCUT2D eigenvalue weighted by atomic mass is 9.98. The largest absolute Gasteiger partial charge is 0.508 e. The number of rotatable bonds is 10. The topological polar surface area (TPSA) is 235 Å². The number of hydrogen-bond acceptors (Lipinski definition) is 13. The number of esters is 1. The molecule has 1 fully saturated rings. The third kappa shape index (κ3) is 6.23. The zero-order valence-corrected chi connectivity index (χ0v) is 24.4. The Morgan fingerprint density at radius 2 is 1.83 bits per heavy atom. The normalized spacial score (nSPS) is 22.5. The zero-order chi connectivity index (χ0) is 33.4. The fraction of sp³-hybridized carbons (Fsp3) is 0.258. The molecule has 5 aromatic rings. The quantitative estimate of drug-likeness (QED) is 0.0612. The van der Waals surface area contributed by atoms with Crippen LogP contribution in [0.25, 0.3) is 33.0 Å². The van der Waals surface area contributed by atoms with Crippen molar-refractivity contribution in [2.75, 3.05) is 7.05 Å². The number of hydrogen-bond donors (Lipinski definition) is 7. The minimum absolute atomic E-state index is 0.0373. The first-order valence-corrected chi connectivity index (χ1v) is 14.2. The Bertz CT molecular complexity index is 1940. The third-order valence-electron chi connectivity index (χ3n) is 7.63. The number of carboxylic acids is 1. The number of carbonyl (C=O) groups is 2. The smallest absolute Gasteiger partial charge is 0.337 e. The van der Waals surface area contributed by atoms with Crippen molar-refractivity contribution in [2.24, 2.45) is 0 Å². The number of aromatic hydroxyl groups is 1. The summed E-state index contributed by atoms with van der Waals surface area (Å²) in [6.07, 6.45) is -4.70. The molecule has 0 saturated carbocycles. The molecule has 1 aliphatic heterocycles. The van der Waals surface area contributed by atoms with Crippen LogP contribution in [-0.4, -0.2) is 97.3 Å². The van der Waals surface area contributed by atoms with Gasteiger partial charge < -0.3 is 54.0 Å². The van der Waals surface area contributed by atoms with E-state index in [-0.39, 0.29) is 33.5 Å². The Morgan fingerprint density at radius 1 is 1.06 bits per heavy atom. The number of carbonyl (C=O) groups excluding carboxylic acids is 1. The highest BCUT2D eigenvalue weighted by Gasteiger charge is 2.51. The number of benzene rings is 2. The van der Waals surface area contributed by atoms with E-state index in [1.807, 2.05) is 0 Å². The average molecular weight is 652 g/mol. The standard InChI is InChI=1S/C31H29N3O13/c1-32-22(28(39)40)29(41)46-30(42)26-24(37)25(38)27(47-34-11-15-8-9-33-20(15)12-34)31(45-26)44-17-6-7-18-21(10-17)43-13-19(23(18)36)14-2-4-16(35)5-3-14/h2-13,22,24-27,30-33,35,37-38,42H,1H3,(H,39,40)/t22-,24-,25-,26-,27+,30+,31+/m1/s1. The zero-order valence-electron chi connectivity index (χ0n) is 24.4. The number of nitrogens with zero attached hydrogens (tertiary/aromatic N) is 1. The van der Waals surface area contributed by atoms with Crippen LogP contribution in [0.15, 0.2) is 82.6 Å². The molecule has 246 valence electrons. The van der Waals surface area contributed by atoms with Gasteiger partial charge in [0.2, 0.25) is 24.7 Å². The lowest BCUT2D eigenvalue weighted by Gasteiger charge is -2.42. The summed E-state index contributed by atoms with van der Waals surface area (Å²) in [6, 6.07) is 10.2. The highest BCUT2D eigenvalue weighted by atomic mass is 16.8. The Hall–Kier alpha value is -5.39. The monoisotopic (exact) mass is 651 g/mol. The Balaban J connectivity index is 1.29. The number of phenolic OH excluding ortho intramolecular Hbond substituents is 1. The molecule has 2 aromatic carbocycles. The fourth-order valence-electron chi connectivity index (χ4n) is 5.18. The van der Waals surface area contributed by atoms with Crippen LogP contribution in [0.5, 0.6) is 11.5 Å². The summed E-state index contributed by atoms with van der Waals surface area (Å²) >= 11 is 0. The number of carboxylic acid groups (broad SMARTS) is 1. The van der Waals surface area contributed by atoms with E-state index >= 15 is 0 Å². The van der Waals surface area contributed by atoms with Gasteiger partial charge in [-0.2, -0.15) is 4.73 Å². The number of ether oxygens (including phenoxy) is 3. The lowest BCUT2D eigenvalue weighted by molar-refractivity contribution is -0.318. The summed E-state index contributed by atoms with van der Waals surface area (Å²) in [7, 11) is 1.19. The molecule has 0 amide bonds. The maximum atomic E-state index is 13.2. The first-order valence-electron chi connectivity index (χ1n) is 14.2. The van der Waals surface area contributed by atoms with E-state index < -0.39 is 55.0 Å². The van der Waals surface area contributed by atoms with Crippen LogP contribution in [0.2, 0.25) is 0 Å². The number of likely N-dealkylation sites (N-methyl/N-ethyl adjacent to an activating group) is 1. The summed E-state index contributed by atoms with van der Waals surface area (Å²) in [4.78, 5) is 45.8. The Kier molecular flexibility index (Phi) is 8.59. The van der Waals surface area contributed by atoms with Gasteiger partial charge in [0.1, 0.15) is 35.6 Å². The van der Waals surface area contributed by atoms with E-state index in [1.165, 1.54) is 48.4 Å². The van der Waals surface area contributed by atoms with Gasteiger partial charge in [0.15, 0.2) is 11.5 Å². The second-order valence-corrected chi connectivity index (χ2v) is 10.7. The molecule has 0 bridgehead atoms. The molecule has 47 heavy (non-hydrogen) atoms. The van der Waals surface area contributed by atoms with Crippen LogP contribution in [0.1, 0.15) is 0 Å². The molecule has 7 atom stereocenters. The maximum absolute atomic E-state index is 13.2. The number of H-pyrrole nitrogens is 1. The molecule has 1 saturated heterocycles. The molecule has 0 unspecified atom stereocenters. The number of aliphatic hydroxyl groups excluding tert-OH is 3. The van der Waals surface area contributed by atoms with Crippen molar-refractivity contribution in [3.05, 3.63) is 83.6 Å².